The van der Waals surface area contributed by atoms with Crippen molar-refractivity contribution in [1.29, 1.82) is 0 Å². The number of rotatable bonds is 4. The summed E-state index contributed by atoms with van der Waals surface area (Å²) in [5.74, 6) is 0.708. The number of amides is 2. The Morgan fingerprint density at radius 3 is 3.11 bits per heavy atom. The molecule has 0 unspecified atom stereocenters. The monoisotopic (exact) mass is 280 g/mol. The molecule has 0 fully saturated rings. The molecule has 0 radical (unpaired) electrons. The van der Waals surface area contributed by atoms with Gasteiger partial charge in [-0.05, 0) is 49.1 Å². The minimum atomic E-state index is 0.0908. The molecule has 0 aliphatic carbocycles. The van der Waals surface area contributed by atoms with Crippen LogP contribution in [-0.2, 0) is 6.42 Å². The van der Waals surface area contributed by atoms with Gasteiger partial charge in [0.15, 0.2) is 0 Å². The van der Waals surface area contributed by atoms with Gasteiger partial charge < -0.3 is 10.2 Å². The van der Waals surface area contributed by atoms with E-state index in [4.69, 9.17) is 0 Å². The Kier molecular flexibility index (Phi) is 4.86. The molecule has 106 valence electrons. The van der Waals surface area contributed by atoms with Gasteiger partial charge in [-0.25, -0.2) is 4.79 Å². The molecule has 2 heterocycles. The summed E-state index contributed by atoms with van der Waals surface area (Å²) in [5, 5.41) is 5.18. The molecule has 0 aromatic carbocycles. The number of nitrogens with zero attached hydrogens (tertiary/aromatic N) is 1. The number of hydrogen-bond acceptors (Lipinski definition) is 2. The first kappa shape index (κ1) is 14.4. The van der Waals surface area contributed by atoms with Crippen molar-refractivity contribution in [1.82, 2.24) is 10.2 Å². The summed E-state index contributed by atoms with van der Waals surface area (Å²) in [6, 6.07) is 2.45. The normalized spacial score (nSPS) is 18.5. The second-order valence-corrected chi connectivity index (χ2v) is 6.69. The first-order chi connectivity index (χ1) is 9.09. The van der Waals surface area contributed by atoms with Crippen molar-refractivity contribution < 1.29 is 4.79 Å². The van der Waals surface area contributed by atoms with E-state index >= 15 is 0 Å². The van der Waals surface area contributed by atoms with Crippen LogP contribution >= 0.6 is 11.3 Å². The zero-order valence-electron chi connectivity index (χ0n) is 12.1. The third-order valence-electron chi connectivity index (χ3n) is 3.77. The van der Waals surface area contributed by atoms with E-state index < -0.39 is 0 Å². The topological polar surface area (TPSA) is 32.3 Å². The minimum absolute atomic E-state index is 0.0908. The smallest absolute Gasteiger partial charge is 0.317 e. The highest BCUT2D eigenvalue weighted by molar-refractivity contribution is 7.10. The van der Waals surface area contributed by atoms with Gasteiger partial charge in [-0.15, -0.1) is 11.3 Å². The van der Waals surface area contributed by atoms with Gasteiger partial charge in [-0.1, -0.05) is 13.8 Å². The van der Waals surface area contributed by atoms with Crippen LogP contribution in [0.5, 0.6) is 0 Å². The summed E-state index contributed by atoms with van der Waals surface area (Å²) in [4.78, 5) is 15.6. The van der Waals surface area contributed by atoms with Crippen molar-refractivity contribution in [3.05, 3.63) is 21.9 Å². The summed E-state index contributed by atoms with van der Waals surface area (Å²) < 4.78 is 0. The van der Waals surface area contributed by atoms with E-state index in [1.54, 1.807) is 0 Å². The highest BCUT2D eigenvalue weighted by atomic mass is 32.1. The summed E-state index contributed by atoms with van der Waals surface area (Å²) in [6.07, 6.45) is 3.23. The summed E-state index contributed by atoms with van der Waals surface area (Å²) in [6.45, 7) is 8.18. The number of thiophene rings is 1. The maximum Gasteiger partial charge on any atom is 0.317 e. The van der Waals surface area contributed by atoms with Gasteiger partial charge in [0.05, 0.1) is 6.04 Å². The average Bonchev–Trinajstić information content (AvgIpc) is 2.83. The molecular weight excluding hydrogens is 256 g/mol. The molecule has 0 saturated heterocycles. The molecule has 2 amide bonds. The maximum atomic E-state index is 12.2. The van der Waals surface area contributed by atoms with Crippen molar-refractivity contribution in [2.45, 2.75) is 46.1 Å². The third-order valence-corrected chi connectivity index (χ3v) is 4.77. The minimum Gasteiger partial charge on any atom is -0.338 e. The van der Waals surface area contributed by atoms with E-state index in [-0.39, 0.29) is 12.1 Å². The van der Waals surface area contributed by atoms with Gasteiger partial charge in [0, 0.05) is 18.0 Å². The second kappa shape index (κ2) is 6.42. The molecular formula is C15H24N2OS. The lowest BCUT2D eigenvalue weighted by atomic mass is 10.0. The van der Waals surface area contributed by atoms with E-state index in [0.29, 0.717) is 5.92 Å². The highest BCUT2D eigenvalue weighted by Crippen LogP contribution is 2.32. The predicted octanol–water partition coefficient (Wildman–Crippen LogP) is 3.81. The largest absolute Gasteiger partial charge is 0.338 e. The van der Waals surface area contributed by atoms with E-state index in [1.807, 2.05) is 16.2 Å². The maximum absolute atomic E-state index is 12.2. The van der Waals surface area contributed by atoms with Crippen LogP contribution in [0.25, 0.3) is 0 Å². The Morgan fingerprint density at radius 1 is 1.58 bits per heavy atom. The lowest BCUT2D eigenvalue weighted by Gasteiger charge is -2.33. The number of urea groups is 1. The number of carbonyl (C=O) groups is 1. The Labute approximate surface area is 120 Å². The number of carbonyl (C=O) groups excluding carboxylic acids is 1. The van der Waals surface area contributed by atoms with Gasteiger partial charge in [0.2, 0.25) is 0 Å². The van der Waals surface area contributed by atoms with Crippen LogP contribution in [0.15, 0.2) is 11.4 Å². The molecule has 3 nitrogen and oxygen atoms in total. The van der Waals surface area contributed by atoms with Crippen molar-refractivity contribution in [3.8, 4) is 0 Å². The fourth-order valence-corrected chi connectivity index (χ4v) is 3.56. The molecule has 1 atom stereocenters. The molecule has 2 rings (SSSR count). The van der Waals surface area contributed by atoms with Crippen LogP contribution in [-0.4, -0.2) is 24.0 Å². The van der Waals surface area contributed by atoms with Gasteiger partial charge in [-0.2, -0.15) is 0 Å². The Morgan fingerprint density at radius 2 is 2.37 bits per heavy atom. The molecule has 19 heavy (non-hydrogen) atoms. The van der Waals surface area contributed by atoms with Gasteiger partial charge in [0.1, 0.15) is 0 Å². The van der Waals surface area contributed by atoms with Crippen LogP contribution in [0.4, 0.5) is 4.79 Å². The highest BCUT2D eigenvalue weighted by Gasteiger charge is 2.27. The van der Waals surface area contributed by atoms with Crippen molar-refractivity contribution in [2.75, 3.05) is 13.1 Å². The van der Waals surface area contributed by atoms with Crippen LogP contribution in [0, 0.1) is 5.92 Å². The van der Waals surface area contributed by atoms with Crippen LogP contribution in [0.1, 0.15) is 50.1 Å². The zero-order valence-corrected chi connectivity index (χ0v) is 12.9. The Hall–Kier alpha value is -1.03. The first-order valence-corrected chi connectivity index (χ1v) is 8.08. The fraction of sp³-hybridized carbons (Fsp3) is 0.667. The van der Waals surface area contributed by atoms with Crippen molar-refractivity contribution in [3.63, 3.8) is 0 Å². The Balaban J connectivity index is 1.84. The molecule has 1 aromatic rings. The summed E-state index contributed by atoms with van der Waals surface area (Å²) >= 11 is 1.81. The van der Waals surface area contributed by atoms with Gasteiger partial charge >= 0.3 is 6.03 Å². The number of nitrogens with one attached hydrogen (secondary N) is 1. The van der Waals surface area contributed by atoms with Crippen LogP contribution < -0.4 is 5.32 Å². The second-order valence-electron chi connectivity index (χ2n) is 5.69. The molecule has 1 N–H and O–H groups in total. The number of fused-ring (bicyclic) bond motifs is 1. The average molecular weight is 280 g/mol. The lowest BCUT2D eigenvalue weighted by Crippen LogP contribution is -2.44. The quantitative estimate of drug-likeness (QED) is 0.836. The van der Waals surface area contributed by atoms with E-state index in [9.17, 15) is 4.79 Å². The lowest BCUT2D eigenvalue weighted by molar-refractivity contribution is 0.175. The molecule has 0 spiro atoms. The molecule has 0 saturated carbocycles. The van der Waals surface area contributed by atoms with E-state index in [1.165, 1.54) is 16.9 Å². The third kappa shape index (κ3) is 3.50. The Bertz CT molecular complexity index is 428. The molecule has 1 aliphatic rings. The number of hydrogen-bond donors (Lipinski definition) is 1. The predicted molar refractivity (Wildman–Crippen MR) is 80.6 cm³/mol. The molecule has 4 heteroatoms. The van der Waals surface area contributed by atoms with Crippen LogP contribution in [0.3, 0.4) is 0 Å². The van der Waals surface area contributed by atoms with E-state index in [2.05, 4.69) is 37.5 Å². The molecule has 1 aromatic heterocycles. The standard InChI is InChI=1S/C15H24N2OS/c1-11(2)5-4-8-16-15(18)17-9-6-14-13(12(17)3)7-10-19-14/h7,10-12H,4-6,8-9H2,1-3H3,(H,16,18)/t12-/m1/s1. The first-order valence-electron chi connectivity index (χ1n) is 7.20. The van der Waals surface area contributed by atoms with Crippen molar-refractivity contribution >= 4 is 17.4 Å². The zero-order chi connectivity index (χ0) is 13.8. The molecule has 0 bridgehead atoms. The van der Waals surface area contributed by atoms with Crippen LogP contribution in [0.2, 0.25) is 0 Å². The molecule has 1 aliphatic heterocycles. The van der Waals surface area contributed by atoms with Crippen molar-refractivity contribution in [2.24, 2.45) is 5.92 Å². The van der Waals surface area contributed by atoms with Gasteiger partial charge in [0.25, 0.3) is 0 Å². The van der Waals surface area contributed by atoms with Gasteiger partial charge in [-0.3, -0.25) is 0 Å². The van der Waals surface area contributed by atoms with E-state index in [0.717, 1.165) is 25.9 Å². The summed E-state index contributed by atoms with van der Waals surface area (Å²) in [7, 11) is 0. The summed E-state index contributed by atoms with van der Waals surface area (Å²) in [5.41, 5.74) is 1.33. The SMILES string of the molecule is CC(C)CCCNC(=O)N1CCc2sccc2[C@H]1C. The fourth-order valence-electron chi connectivity index (χ4n) is 2.59.